The van der Waals surface area contributed by atoms with Crippen LogP contribution in [0.5, 0.6) is 0 Å². The first kappa shape index (κ1) is 16.0. The molecule has 0 aromatic heterocycles. The van der Waals surface area contributed by atoms with Crippen LogP contribution in [-0.4, -0.2) is 6.54 Å². The van der Waals surface area contributed by atoms with Crippen molar-refractivity contribution < 1.29 is 0 Å². The molecule has 19 heavy (non-hydrogen) atoms. The lowest BCUT2D eigenvalue weighted by atomic mass is 9.89. The highest BCUT2D eigenvalue weighted by molar-refractivity contribution is 6.30. The van der Waals surface area contributed by atoms with Gasteiger partial charge < -0.3 is 5.32 Å². The van der Waals surface area contributed by atoms with Crippen LogP contribution in [0.1, 0.15) is 51.6 Å². The fourth-order valence-electron chi connectivity index (χ4n) is 1.94. The second-order valence-electron chi connectivity index (χ2n) is 5.68. The molecule has 3 heteroatoms. The number of hydrogen-bond acceptors (Lipinski definition) is 2. The minimum atomic E-state index is -0.193. The number of unbranched alkanes of at least 4 members (excludes halogenated alkanes) is 1. The van der Waals surface area contributed by atoms with Gasteiger partial charge in [-0.3, -0.25) is 0 Å². The zero-order valence-corrected chi connectivity index (χ0v) is 12.8. The largest absolute Gasteiger partial charge is 0.310 e. The van der Waals surface area contributed by atoms with Crippen molar-refractivity contribution in [1.82, 2.24) is 5.32 Å². The van der Waals surface area contributed by atoms with E-state index in [1.54, 1.807) is 0 Å². The van der Waals surface area contributed by atoms with Crippen LogP contribution in [0.4, 0.5) is 0 Å². The van der Waals surface area contributed by atoms with Gasteiger partial charge in [-0.25, -0.2) is 0 Å². The van der Waals surface area contributed by atoms with E-state index >= 15 is 0 Å². The Hall–Kier alpha value is -1.04. The van der Waals surface area contributed by atoms with Gasteiger partial charge in [-0.15, -0.1) is 0 Å². The quantitative estimate of drug-likeness (QED) is 0.733. The summed E-state index contributed by atoms with van der Waals surface area (Å²) >= 11 is 5.87. The zero-order chi connectivity index (χ0) is 14.3. The molecule has 1 aromatic carbocycles. The molecule has 0 bridgehead atoms. The summed E-state index contributed by atoms with van der Waals surface area (Å²) in [5.41, 5.74) is 1.06. The lowest BCUT2D eigenvalue weighted by Crippen LogP contribution is -2.20. The summed E-state index contributed by atoms with van der Waals surface area (Å²) in [5.74, 6) is 0. The molecule has 0 saturated heterocycles. The second kappa shape index (κ2) is 7.53. The molecule has 0 aliphatic rings. The third-order valence-corrected chi connectivity index (χ3v) is 3.60. The molecule has 0 fully saturated rings. The summed E-state index contributed by atoms with van der Waals surface area (Å²) < 4.78 is 0. The Balaban J connectivity index is 2.23. The molecule has 1 N–H and O–H groups in total. The molecular weight excluding hydrogens is 256 g/mol. The first-order valence-corrected chi connectivity index (χ1v) is 7.22. The maximum Gasteiger partial charge on any atom is 0.0683 e. The van der Waals surface area contributed by atoms with Crippen LogP contribution in [0.25, 0.3) is 0 Å². The lowest BCUT2D eigenvalue weighted by molar-refractivity contribution is 0.418. The Morgan fingerprint density at radius 1 is 1.26 bits per heavy atom. The summed E-state index contributed by atoms with van der Waals surface area (Å²) in [6.07, 6.45) is 3.14. The maximum absolute atomic E-state index is 8.93. The Kier molecular flexibility index (Phi) is 6.34. The van der Waals surface area contributed by atoms with Gasteiger partial charge in [-0.2, -0.15) is 5.26 Å². The average Bonchev–Trinajstić information content (AvgIpc) is 2.39. The van der Waals surface area contributed by atoms with E-state index in [1.165, 1.54) is 5.56 Å². The van der Waals surface area contributed by atoms with Gasteiger partial charge >= 0.3 is 0 Å². The molecule has 0 heterocycles. The van der Waals surface area contributed by atoms with E-state index in [0.29, 0.717) is 6.04 Å². The van der Waals surface area contributed by atoms with E-state index in [1.807, 2.05) is 26.0 Å². The predicted octanol–water partition coefficient (Wildman–Crippen LogP) is 4.71. The van der Waals surface area contributed by atoms with Crippen LogP contribution < -0.4 is 5.32 Å². The van der Waals surface area contributed by atoms with Crippen LogP contribution in [-0.2, 0) is 0 Å². The average molecular weight is 279 g/mol. The van der Waals surface area contributed by atoms with Gasteiger partial charge in [0, 0.05) is 11.1 Å². The van der Waals surface area contributed by atoms with Crippen LogP contribution in [0, 0.1) is 16.7 Å². The molecule has 0 aliphatic heterocycles. The van der Waals surface area contributed by atoms with Gasteiger partial charge in [0.1, 0.15) is 0 Å². The van der Waals surface area contributed by atoms with Gasteiger partial charge in [0.25, 0.3) is 0 Å². The molecule has 1 rings (SSSR count). The molecule has 1 unspecified atom stereocenters. The number of nitriles is 1. The molecule has 0 radical (unpaired) electrons. The molecule has 104 valence electrons. The molecule has 0 amide bonds. The molecular formula is C16H23ClN2. The van der Waals surface area contributed by atoms with Crippen molar-refractivity contribution in [3.8, 4) is 6.07 Å². The predicted molar refractivity (Wildman–Crippen MR) is 81.1 cm³/mol. The van der Waals surface area contributed by atoms with Crippen LogP contribution in [0.2, 0.25) is 5.02 Å². The van der Waals surface area contributed by atoms with E-state index in [-0.39, 0.29) is 5.41 Å². The minimum Gasteiger partial charge on any atom is -0.310 e. The molecule has 1 atom stereocenters. The van der Waals surface area contributed by atoms with Crippen LogP contribution >= 0.6 is 11.6 Å². The van der Waals surface area contributed by atoms with Gasteiger partial charge in [0.2, 0.25) is 0 Å². The second-order valence-corrected chi connectivity index (χ2v) is 6.12. The third kappa shape index (κ3) is 6.09. The van der Waals surface area contributed by atoms with E-state index < -0.39 is 0 Å². The van der Waals surface area contributed by atoms with Crippen molar-refractivity contribution in [2.45, 2.75) is 46.1 Å². The fourth-order valence-corrected chi connectivity index (χ4v) is 2.06. The molecule has 0 aliphatic carbocycles. The highest BCUT2D eigenvalue weighted by atomic mass is 35.5. The van der Waals surface area contributed by atoms with Crippen molar-refractivity contribution in [3.05, 3.63) is 34.9 Å². The normalized spacial score (nSPS) is 13.0. The van der Waals surface area contributed by atoms with Gasteiger partial charge in [0.05, 0.1) is 11.5 Å². The van der Waals surface area contributed by atoms with E-state index in [2.05, 4.69) is 30.4 Å². The zero-order valence-electron chi connectivity index (χ0n) is 12.0. The monoisotopic (exact) mass is 278 g/mol. The number of hydrogen-bond donors (Lipinski definition) is 1. The summed E-state index contributed by atoms with van der Waals surface area (Å²) in [7, 11) is 0. The van der Waals surface area contributed by atoms with Crippen molar-refractivity contribution in [3.63, 3.8) is 0 Å². The van der Waals surface area contributed by atoms with Crippen molar-refractivity contribution in [1.29, 1.82) is 5.26 Å². The Morgan fingerprint density at radius 2 is 1.89 bits per heavy atom. The van der Waals surface area contributed by atoms with Crippen molar-refractivity contribution >= 4 is 11.6 Å². The first-order valence-electron chi connectivity index (χ1n) is 6.85. The van der Waals surface area contributed by atoms with E-state index in [4.69, 9.17) is 16.9 Å². The van der Waals surface area contributed by atoms with Crippen LogP contribution in [0.15, 0.2) is 24.3 Å². The number of nitrogens with zero attached hydrogens (tertiary/aromatic N) is 1. The van der Waals surface area contributed by atoms with Crippen LogP contribution in [0.3, 0.4) is 0 Å². The van der Waals surface area contributed by atoms with E-state index in [9.17, 15) is 0 Å². The Morgan fingerprint density at radius 3 is 2.47 bits per heavy atom. The topological polar surface area (TPSA) is 35.8 Å². The number of benzene rings is 1. The smallest absolute Gasteiger partial charge is 0.0683 e. The molecule has 0 saturated carbocycles. The SMILES string of the molecule is CC(NCCCCC(C)(C)C#N)c1ccc(Cl)cc1. The third-order valence-electron chi connectivity index (χ3n) is 3.35. The molecule has 2 nitrogen and oxygen atoms in total. The standard InChI is InChI=1S/C16H23ClN2/c1-13(14-6-8-15(17)9-7-14)19-11-5-4-10-16(2,3)12-18/h6-9,13,19H,4-5,10-11H2,1-3H3. The Bertz CT molecular complexity index is 417. The van der Waals surface area contributed by atoms with Gasteiger partial charge in [-0.05, 0) is 57.9 Å². The van der Waals surface area contributed by atoms with Crippen molar-refractivity contribution in [2.75, 3.05) is 6.54 Å². The van der Waals surface area contributed by atoms with E-state index in [0.717, 1.165) is 30.8 Å². The summed E-state index contributed by atoms with van der Waals surface area (Å²) in [6.45, 7) is 7.13. The summed E-state index contributed by atoms with van der Waals surface area (Å²) in [5, 5.41) is 13.2. The number of nitrogens with one attached hydrogen (secondary N) is 1. The molecule has 0 spiro atoms. The fraction of sp³-hybridized carbons (Fsp3) is 0.562. The molecule has 1 aromatic rings. The van der Waals surface area contributed by atoms with Gasteiger partial charge in [0.15, 0.2) is 0 Å². The number of rotatable bonds is 7. The number of halogens is 1. The maximum atomic E-state index is 8.93. The Labute approximate surface area is 121 Å². The highest BCUT2D eigenvalue weighted by Gasteiger charge is 2.15. The summed E-state index contributed by atoms with van der Waals surface area (Å²) in [6, 6.07) is 10.6. The first-order chi connectivity index (χ1) is 8.94. The lowest BCUT2D eigenvalue weighted by Gasteiger charge is -2.16. The summed E-state index contributed by atoms with van der Waals surface area (Å²) in [4.78, 5) is 0. The van der Waals surface area contributed by atoms with Gasteiger partial charge in [-0.1, -0.05) is 30.2 Å². The van der Waals surface area contributed by atoms with Crippen molar-refractivity contribution in [2.24, 2.45) is 5.41 Å². The highest BCUT2D eigenvalue weighted by Crippen LogP contribution is 2.21. The minimum absolute atomic E-state index is 0.193.